The van der Waals surface area contributed by atoms with Crippen LogP contribution in [0, 0.1) is 65.6 Å². The maximum absolute atomic E-state index is 13.9. The molecule has 10 aliphatic rings. The predicted octanol–water partition coefficient (Wildman–Crippen LogP) is 17.2. The van der Waals surface area contributed by atoms with Gasteiger partial charge in [0.1, 0.15) is 45.3 Å². The molecule has 0 radical (unpaired) electrons. The van der Waals surface area contributed by atoms with E-state index in [1.165, 1.54) is 17.4 Å². The van der Waals surface area contributed by atoms with Gasteiger partial charge in [-0.2, -0.15) is 5.26 Å². The summed E-state index contributed by atoms with van der Waals surface area (Å²) >= 11 is 13.6. The lowest BCUT2D eigenvalue weighted by Gasteiger charge is -2.30. The number of hydrogen-bond acceptors (Lipinski definition) is 25. The van der Waals surface area contributed by atoms with Gasteiger partial charge in [0, 0.05) is 148 Å². The molecule has 0 amide bonds. The number of fused-ring (bicyclic) bond motifs is 12. The van der Waals surface area contributed by atoms with E-state index < -0.39 is 39.6 Å². The van der Waals surface area contributed by atoms with E-state index in [-0.39, 0.29) is 47.4 Å². The number of thiazole rings is 1. The third-order valence-electron chi connectivity index (χ3n) is 24.1. The van der Waals surface area contributed by atoms with Crippen LogP contribution in [0.3, 0.4) is 0 Å². The van der Waals surface area contributed by atoms with Crippen molar-refractivity contribution in [1.29, 1.82) is 5.26 Å². The summed E-state index contributed by atoms with van der Waals surface area (Å²) in [5, 5.41) is 69.1. The molecule has 612 valence electrons. The number of aliphatic hydroxyl groups is 5. The fourth-order valence-corrected chi connectivity index (χ4v) is 18.4. The second-order valence-electron chi connectivity index (χ2n) is 32.0. The van der Waals surface area contributed by atoms with Gasteiger partial charge in [-0.05, 0) is 210 Å². The van der Waals surface area contributed by atoms with Gasteiger partial charge in [-0.15, -0.1) is 11.3 Å². The molecule has 5 atom stereocenters. The molecule has 0 bridgehead atoms. The van der Waals surface area contributed by atoms with Crippen LogP contribution < -0.4 is 24.5 Å². The zero-order chi connectivity index (χ0) is 85.5. The highest BCUT2D eigenvalue weighted by Gasteiger charge is 2.58. The van der Waals surface area contributed by atoms with Crippen molar-refractivity contribution in [1.82, 2.24) is 4.98 Å². The Morgan fingerprint density at radius 1 is 0.402 bits per heavy atom. The highest BCUT2D eigenvalue weighted by Crippen LogP contribution is 2.48. The van der Waals surface area contributed by atoms with E-state index in [2.05, 4.69) is 36.0 Å². The van der Waals surface area contributed by atoms with Gasteiger partial charge in [-0.25, -0.2) is 34.3 Å². The van der Waals surface area contributed by atoms with E-state index in [0.717, 1.165) is 82.5 Å². The van der Waals surface area contributed by atoms with Gasteiger partial charge in [0.2, 0.25) is 28.9 Å². The second kappa shape index (κ2) is 30.1. The standard InChI is InChI=1S/C21H19N3O2.C20H15FN2O3.C19H13ClN2O3.C18H15ClN2O2.C16H15N3O2S/c1-12-9-17-18(10-13(12)2)23-20-21(26,19(17)25)6-7-24(20)16-5-4-15(11-22)14(3)8-16;1-11-8-16-14(10-15(11)21)18(24)20(25)5-6-23(19(20)22-16)13-3-2-12-4-7-26-17(12)9-13;20-12-2-4-15-14(9-12)17(23)19(24)6-7-22(18(19)21-15)13-3-1-11-5-8-25-16(11)10-13;1-11-5-6-15-14(9-11)16(22)18(23)7-8-21(17(18)20-15)13-4-2-3-12(19)10-13;1-9-3-4-12-11(7-9)14(20)16(21)5-6-19(15(16)18-12)13-8-17-10(2)22-13/h4-5,8-10,26H,6-7H2,1-3H3;2-4,7-10,25H,5-6H2,1H3;1-5,8-10,24H,6-7H2;2-6,9-10,23H,7-8H2,1H3;3-4,7-8,21H,5-6H2,1-2H3/t21-;20-;19-;18-;16-/m11111/s1. The van der Waals surface area contributed by atoms with Gasteiger partial charge in [0.15, 0.2) is 33.8 Å². The molecular formula is C94H77Cl2FN12O12S. The van der Waals surface area contributed by atoms with E-state index in [4.69, 9.17) is 37.3 Å². The van der Waals surface area contributed by atoms with Crippen LogP contribution in [0.4, 0.5) is 60.6 Å². The summed E-state index contributed by atoms with van der Waals surface area (Å²) in [4.78, 5) is 101. The molecule has 22 rings (SSSR count). The van der Waals surface area contributed by atoms with Gasteiger partial charge in [-0.1, -0.05) is 52.5 Å². The number of hydrogen-bond donors (Lipinski definition) is 5. The monoisotopic (exact) mass is 1690 g/mol. The summed E-state index contributed by atoms with van der Waals surface area (Å²) in [7, 11) is 0. The van der Waals surface area contributed by atoms with Crippen LogP contribution in [0.15, 0.2) is 222 Å². The van der Waals surface area contributed by atoms with Crippen LogP contribution in [0.25, 0.3) is 21.9 Å². The summed E-state index contributed by atoms with van der Waals surface area (Å²) in [6, 6.07) is 52.7. The molecule has 5 saturated heterocycles. The lowest BCUT2D eigenvalue weighted by Crippen LogP contribution is -2.48. The molecule has 5 fully saturated rings. The fourth-order valence-electron chi connectivity index (χ4n) is 17.3. The van der Waals surface area contributed by atoms with E-state index >= 15 is 0 Å². The number of anilines is 5. The van der Waals surface area contributed by atoms with E-state index in [1.807, 2.05) is 181 Å². The van der Waals surface area contributed by atoms with Gasteiger partial charge in [0.05, 0.1) is 63.8 Å². The van der Waals surface area contributed by atoms with Gasteiger partial charge in [-0.3, -0.25) is 24.0 Å². The lowest BCUT2D eigenvalue weighted by molar-refractivity contribution is 0.0599. The number of amidine groups is 5. The Morgan fingerprint density at radius 3 is 1.24 bits per heavy atom. The van der Waals surface area contributed by atoms with Crippen LogP contribution in [-0.4, -0.2) is 149 Å². The molecule has 9 aromatic carbocycles. The zero-order valence-electron chi connectivity index (χ0n) is 67.0. The number of rotatable bonds is 5. The Balaban J connectivity index is 0.000000104. The average molecular weight is 1690 g/mol. The lowest BCUT2D eigenvalue weighted by atomic mass is 9.86. The number of aryl methyl sites for hydroxylation is 7. The Labute approximate surface area is 712 Å². The number of benzene rings is 9. The summed E-state index contributed by atoms with van der Waals surface area (Å²) < 4.78 is 24.8. The van der Waals surface area contributed by atoms with Crippen molar-refractivity contribution in [3.05, 3.63) is 276 Å². The van der Waals surface area contributed by atoms with Crippen molar-refractivity contribution in [3.63, 3.8) is 0 Å². The molecule has 122 heavy (non-hydrogen) atoms. The van der Waals surface area contributed by atoms with Crippen molar-refractivity contribution in [2.75, 3.05) is 57.2 Å². The predicted molar refractivity (Wildman–Crippen MR) is 469 cm³/mol. The minimum atomic E-state index is -1.73. The smallest absolute Gasteiger partial charge is 0.204 e. The van der Waals surface area contributed by atoms with Crippen LogP contribution >= 0.6 is 34.5 Å². The van der Waals surface area contributed by atoms with Gasteiger partial charge < -0.3 is 58.9 Å². The van der Waals surface area contributed by atoms with E-state index in [9.17, 15) is 53.9 Å². The summed E-state index contributed by atoms with van der Waals surface area (Å²) in [5.74, 6) is -0.294. The molecule has 12 aromatic rings. The molecule has 28 heteroatoms. The number of Topliss-reactive ketones (excluding diaryl/α,β-unsaturated/α-hetero) is 5. The highest BCUT2D eigenvalue weighted by atomic mass is 35.5. The number of carbonyl (C=O) groups excluding carboxylic acids is 5. The number of ketones is 5. The van der Waals surface area contributed by atoms with Crippen molar-refractivity contribution < 1.29 is 62.7 Å². The molecule has 5 N–H and O–H groups in total. The minimum absolute atomic E-state index is 0.127. The molecule has 0 aliphatic carbocycles. The molecule has 10 aliphatic heterocycles. The SMILES string of the molecule is Cc1cc2c(cc1C)C(=O)[C@]1(O)CCN(c3ccc(C#N)c(C)c3)C1=N2.Cc1cc2c(cc1F)C(=O)[C@]1(O)CCN(c3ccc4ccoc4c3)C1=N2.Cc1ccc2c(c1)C(=O)[C@]1(O)CCN(c3cccc(Cl)c3)C1=N2.Cc1ccc2c(c1)C(=O)[C@]1(O)CCN(c3cnc(C)s3)C1=N2.O=C1c2cc(Cl)ccc2N=C2N(c3ccc4ccoc4c3)CC[C@@]12O. The number of nitrogens with zero attached hydrogens (tertiary/aromatic N) is 12. The molecule has 0 spiro atoms. The normalized spacial score (nSPS) is 22.1. The maximum atomic E-state index is 13.9. The number of aliphatic imine (C=N–C) groups is 5. The number of carbonyl (C=O) groups is 5. The Morgan fingerprint density at radius 2 is 0.787 bits per heavy atom. The molecule has 0 saturated carbocycles. The number of halogens is 3. The largest absolute Gasteiger partial charge is 0.464 e. The van der Waals surface area contributed by atoms with E-state index in [0.29, 0.717) is 147 Å². The molecule has 0 unspecified atom stereocenters. The third kappa shape index (κ3) is 13.4. The first-order valence-electron chi connectivity index (χ1n) is 39.6. The van der Waals surface area contributed by atoms with Crippen LogP contribution in [-0.2, 0) is 0 Å². The fraction of sp³-hybridized carbons (Fsp3) is 0.234. The average Bonchev–Trinajstić information content (AvgIpc) is 1.57. The third-order valence-corrected chi connectivity index (χ3v) is 25.5. The topological polar surface area (TPSA) is 327 Å². The molecular weight excluding hydrogens is 1610 g/mol. The van der Waals surface area contributed by atoms with Crippen molar-refractivity contribution in [2.45, 2.75) is 109 Å². The summed E-state index contributed by atoms with van der Waals surface area (Å²) in [5.41, 5.74) is 7.40. The maximum Gasteiger partial charge on any atom is 0.204 e. The van der Waals surface area contributed by atoms with Gasteiger partial charge in [0.25, 0.3) is 0 Å². The van der Waals surface area contributed by atoms with Crippen molar-refractivity contribution in [3.8, 4) is 6.07 Å². The second-order valence-corrected chi connectivity index (χ2v) is 34.1. The van der Waals surface area contributed by atoms with Gasteiger partial charge >= 0.3 is 0 Å². The van der Waals surface area contributed by atoms with Crippen LogP contribution in [0.2, 0.25) is 10.0 Å². The highest BCUT2D eigenvalue weighted by molar-refractivity contribution is 7.15. The van der Waals surface area contributed by atoms with Crippen molar-refractivity contribution >= 4 is 171 Å². The van der Waals surface area contributed by atoms with E-state index in [1.54, 1.807) is 74.2 Å². The Hall–Kier alpha value is -12.8. The minimum Gasteiger partial charge on any atom is -0.464 e. The molecule has 13 heterocycles. The first-order valence-corrected chi connectivity index (χ1v) is 41.2. The first-order chi connectivity index (χ1) is 58.4. The number of nitriles is 1. The number of aromatic nitrogens is 1. The van der Waals surface area contributed by atoms with Crippen LogP contribution in [0.1, 0.15) is 128 Å². The molecule has 3 aromatic heterocycles. The summed E-state index contributed by atoms with van der Waals surface area (Å²) in [6.07, 6.45) is 6.49. The summed E-state index contributed by atoms with van der Waals surface area (Å²) in [6.45, 7) is 15.7. The van der Waals surface area contributed by atoms with Crippen LogP contribution in [0.5, 0.6) is 0 Å². The Bertz CT molecular complexity index is 6760. The first kappa shape index (κ1) is 80.3. The number of furan rings is 2. The zero-order valence-corrected chi connectivity index (χ0v) is 69.3. The van der Waals surface area contributed by atoms with Crippen molar-refractivity contribution in [2.24, 2.45) is 25.0 Å². The quantitative estimate of drug-likeness (QED) is 0.107. The molecule has 24 nitrogen and oxygen atoms in total. The Kier molecular flexibility index (Phi) is 19.8.